The number of fused-ring (bicyclic) bond motifs is 1. The topological polar surface area (TPSA) is 32.3 Å². The van der Waals surface area contributed by atoms with Crippen molar-refractivity contribution < 1.29 is 18.0 Å². The monoisotopic (exact) mass is 378 g/mol. The van der Waals surface area contributed by atoms with Crippen LogP contribution in [0, 0.1) is 6.92 Å². The summed E-state index contributed by atoms with van der Waals surface area (Å²) in [5.74, 6) is -0.308. The summed E-state index contributed by atoms with van der Waals surface area (Å²) >= 11 is 4.38. The van der Waals surface area contributed by atoms with E-state index in [-0.39, 0.29) is 12.0 Å². The maximum Gasteiger partial charge on any atom is 0.409 e. The molecule has 3 rings (SSSR count). The van der Waals surface area contributed by atoms with Gasteiger partial charge in [-0.05, 0) is 48.2 Å². The van der Waals surface area contributed by atoms with Gasteiger partial charge in [0, 0.05) is 23.9 Å². The molecule has 26 heavy (non-hydrogen) atoms. The molecular formula is C19H17F3N2OS. The lowest BCUT2D eigenvalue weighted by Gasteiger charge is -2.13. The second kappa shape index (κ2) is 7.07. The van der Waals surface area contributed by atoms with Crippen LogP contribution in [-0.4, -0.2) is 18.6 Å². The third-order valence-corrected chi connectivity index (χ3v) is 4.59. The highest BCUT2D eigenvalue weighted by Gasteiger charge is 2.22. The van der Waals surface area contributed by atoms with Crippen molar-refractivity contribution in [3.05, 3.63) is 64.7 Å². The van der Waals surface area contributed by atoms with Crippen molar-refractivity contribution in [3.8, 4) is 0 Å². The lowest BCUT2D eigenvalue weighted by atomic mass is 10.0. The van der Waals surface area contributed by atoms with Gasteiger partial charge in [0.2, 0.25) is 0 Å². The second-order valence-corrected chi connectivity index (χ2v) is 6.60. The Morgan fingerprint density at radius 2 is 2.00 bits per heavy atom. The quantitative estimate of drug-likeness (QED) is 0.735. The Morgan fingerprint density at radius 3 is 2.69 bits per heavy atom. The van der Waals surface area contributed by atoms with Gasteiger partial charge in [-0.15, -0.1) is 0 Å². The molecule has 3 nitrogen and oxygen atoms in total. The lowest BCUT2D eigenvalue weighted by molar-refractivity contribution is -0.0790. The van der Waals surface area contributed by atoms with Crippen molar-refractivity contribution in [3.63, 3.8) is 0 Å². The Kier molecular flexibility index (Phi) is 5.00. The van der Waals surface area contributed by atoms with E-state index in [9.17, 15) is 18.0 Å². The number of nitrogens with zero attached hydrogens (tertiary/aromatic N) is 1. The zero-order valence-electron chi connectivity index (χ0n) is 14.0. The van der Waals surface area contributed by atoms with E-state index in [1.54, 1.807) is 13.0 Å². The first-order valence-electron chi connectivity index (χ1n) is 8.00. The number of alkyl halides is 3. The van der Waals surface area contributed by atoms with Crippen LogP contribution in [-0.2, 0) is 6.42 Å². The largest absolute Gasteiger partial charge is 0.409 e. The third-order valence-electron chi connectivity index (χ3n) is 4.17. The number of allylic oxidation sites excluding steroid dienone is 1. The molecule has 0 atom stereocenters. The Labute approximate surface area is 155 Å². The number of nitrogens with one attached hydrogen (secondary N) is 1. The molecule has 0 radical (unpaired) electrons. The van der Waals surface area contributed by atoms with Gasteiger partial charge in [0.05, 0.1) is 5.69 Å². The van der Waals surface area contributed by atoms with Crippen LogP contribution in [0.5, 0.6) is 0 Å². The van der Waals surface area contributed by atoms with E-state index in [0.29, 0.717) is 22.4 Å². The Bertz CT molecular complexity index is 878. The number of halogens is 3. The molecule has 1 heterocycles. The summed E-state index contributed by atoms with van der Waals surface area (Å²) in [7, 11) is 0. The molecule has 1 aliphatic rings. The summed E-state index contributed by atoms with van der Waals surface area (Å²) in [6.45, 7) is 2.51. The van der Waals surface area contributed by atoms with Gasteiger partial charge < -0.3 is 9.62 Å². The first-order valence-corrected chi connectivity index (χ1v) is 8.40. The predicted octanol–water partition coefficient (Wildman–Crippen LogP) is 5.03. The molecule has 1 aliphatic heterocycles. The van der Waals surface area contributed by atoms with Crippen LogP contribution in [0.3, 0.4) is 0 Å². The summed E-state index contributed by atoms with van der Waals surface area (Å²) in [6.07, 6.45) is -2.29. The molecule has 0 saturated heterocycles. The second-order valence-electron chi connectivity index (χ2n) is 6.12. The molecule has 0 spiro atoms. The van der Waals surface area contributed by atoms with Gasteiger partial charge in [0.15, 0.2) is 0 Å². The molecule has 7 heteroatoms. The number of aryl methyl sites for hydroxylation is 1. The minimum Gasteiger partial charge on any atom is -0.322 e. The van der Waals surface area contributed by atoms with E-state index in [1.165, 1.54) is 17.7 Å². The fourth-order valence-corrected chi connectivity index (χ4v) is 3.16. The van der Waals surface area contributed by atoms with Crippen LogP contribution in [0.2, 0.25) is 0 Å². The average molecular weight is 378 g/mol. The van der Waals surface area contributed by atoms with Crippen molar-refractivity contribution in [1.29, 1.82) is 0 Å². The van der Waals surface area contributed by atoms with Crippen LogP contribution in [0.25, 0.3) is 6.08 Å². The lowest BCUT2D eigenvalue weighted by Crippen LogP contribution is -2.14. The molecule has 1 N–H and O–H groups in total. The minimum absolute atomic E-state index is 0.176. The number of carbonyl (C=O) groups is 1. The molecule has 0 bridgehead atoms. The maximum absolute atomic E-state index is 12.5. The zero-order chi connectivity index (χ0) is 18.9. The number of rotatable bonds is 3. The van der Waals surface area contributed by atoms with E-state index in [4.69, 9.17) is 0 Å². The number of anilines is 2. The van der Waals surface area contributed by atoms with Gasteiger partial charge >= 0.3 is 6.18 Å². The van der Waals surface area contributed by atoms with Crippen LogP contribution in [0.1, 0.15) is 27.0 Å². The Balaban J connectivity index is 1.76. The minimum atomic E-state index is -4.36. The molecule has 2 aromatic carbocycles. The van der Waals surface area contributed by atoms with Crippen molar-refractivity contribution in [2.24, 2.45) is 0 Å². The van der Waals surface area contributed by atoms with Crippen LogP contribution < -0.4 is 9.62 Å². The summed E-state index contributed by atoms with van der Waals surface area (Å²) in [5, 5.41) is 2.83. The highest BCUT2D eigenvalue weighted by molar-refractivity contribution is 7.81. The molecule has 0 aliphatic carbocycles. The number of hydrogen-bond acceptors (Lipinski definition) is 3. The fourth-order valence-electron chi connectivity index (χ4n) is 2.87. The SMILES string of the molecule is Cc1cc(/C=C/C(F)(F)F)ccc1C(=O)Nc1ccc2c(c1)N(S)CC2. The molecule has 1 amide bonds. The molecule has 0 saturated carbocycles. The smallest absolute Gasteiger partial charge is 0.322 e. The van der Waals surface area contributed by atoms with Crippen molar-refractivity contribution >= 4 is 36.2 Å². The first kappa shape index (κ1) is 18.4. The van der Waals surface area contributed by atoms with E-state index < -0.39 is 6.18 Å². The third kappa shape index (κ3) is 4.22. The molecule has 0 unspecified atom stereocenters. The average Bonchev–Trinajstić information content (AvgIpc) is 2.93. The Morgan fingerprint density at radius 1 is 1.23 bits per heavy atom. The van der Waals surface area contributed by atoms with Crippen LogP contribution in [0.15, 0.2) is 42.5 Å². The van der Waals surface area contributed by atoms with Gasteiger partial charge in [0.25, 0.3) is 5.91 Å². The molecule has 2 aromatic rings. The zero-order valence-corrected chi connectivity index (χ0v) is 14.9. The van der Waals surface area contributed by atoms with E-state index >= 15 is 0 Å². The summed E-state index contributed by atoms with van der Waals surface area (Å²) in [4.78, 5) is 12.5. The number of carbonyl (C=O) groups excluding carboxylic acids is 1. The summed E-state index contributed by atoms with van der Waals surface area (Å²) in [5.41, 5.74) is 4.20. The van der Waals surface area contributed by atoms with Crippen molar-refractivity contribution in [2.45, 2.75) is 19.5 Å². The number of amides is 1. The van der Waals surface area contributed by atoms with Gasteiger partial charge in [-0.2, -0.15) is 13.2 Å². The van der Waals surface area contributed by atoms with E-state index in [2.05, 4.69) is 18.1 Å². The van der Waals surface area contributed by atoms with Crippen LogP contribution in [0.4, 0.5) is 24.5 Å². The fraction of sp³-hybridized carbons (Fsp3) is 0.211. The van der Waals surface area contributed by atoms with Gasteiger partial charge in [0.1, 0.15) is 0 Å². The molecule has 0 fully saturated rings. The van der Waals surface area contributed by atoms with E-state index in [0.717, 1.165) is 24.7 Å². The number of benzene rings is 2. The molecule has 136 valence electrons. The van der Waals surface area contributed by atoms with Crippen molar-refractivity contribution in [1.82, 2.24) is 0 Å². The predicted molar refractivity (Wildman–Crippen MR) is 101 cm³/mol. The maximum atomic E-state index is 12.5. The van der Waals surface area contributed by atoms with Crippen molar-refractivity contribution in [2.75, 3.05) is 16.2 Å². The standard InChI is InChI=1S/C19H17F3N2OS/c1-12-10-13(6-8-19(20,21)22)2-5-16(12)18(25)23-15-4-3-14-7-9-24(26)17(14)11-15/h2-6,8,10-11,26H,7,9H2,1H3,(H,23,25)/b8-6+. The highest BCUT2D eigenvalue weighted by Crippen LogP contribution is 2.32. The van der Waals surface area contributed by atoms with Gasteiger partial charge in [-0.25, -0.2) is 0 Å². The summed E-state index contributed by atoms with van der Waals surface area (Å²) in [6, 6.07) is 10.2. The highest BCUT2D eigenvalue weighted by atomic mass is 32.1. The van der Waals surface area contributed by atoms with E-state index in [1.807, 2.05) is 22.5 Å². The number of hydrogen-bond donors (Lipinski definition) is 2. The first-order chi connectivity index (χ1) is 12.2. The van der Waals surface area contributed by atoms with Gasteiger partial charge in [-0.1, -0.05) is 37.1 Å². The molecular weight excluding hydrogens is 361 g/mol. The van der Waals surface area contributed by atoms with Gasteiger partial charge in [-0.3, -0.25) is 4.79 Å². The Hall–Kier alpha value is -2.41. The summed E-state index contributed by atoms with van der Waals surface area (Å²) < 4.78 is 38.6. The normalized spacial score (nSPS) is 14.0. The van der Waals surface area contributed by atoms with Crippen LogP contribution >= 0.6 is 12.8 Å². The number of thiol groups is 1. The molecule has 0 aromatic heterocycles.